The van der Waals surface area contributed by atoms with Crippen molar-refractivity contribution >= 4 is 18.3 Å². The highest BCUT2D eigenvalue weighted by atomic mass is 35.5. The van der Waals surface area contributed by atoms with Crippen molar-refractivity contribution in [2.24, 2.45) is 5.73 Å². The largest absolute Gasteiger partial charge is 0.375 e. The summed E-state index contributed by atoms with van der Waals surface area (Å²) in [6, 6.07) is -0.0929. The lowest BCUT2D eigenvalue weighted by Gasteiger charge is -2.38. The molecule has 5 heteroatoms. The summed E-state index contributed by atoms with van der Waals surface area (Å²) in [5, 5.41) is 3.11. The lowest BCUT2D eigenvalue weighted by atomic mass is 9.89. The number of amides is 1. The second-order valence-corrected chi connectivity index (χ2v) is 5.83. The topological polar surface area (TPSA) is 64.4 Å². The van der Waals surface area contributed by atoms with Crippen LogP contribution in [-0.4, -0.2) is 30.2 Å². The Morgan fingerprint density at radius 2 is 2.16 bits per heavy atom. The molecule has 1 saturated carbocycles. The van der Waals surface area contributed by atoms with Gasteiger partial charge in [0.25, 0.3) is 0 Å². The minimum absolute atomic E-state index is 0. The molecule has 0 aromatic heterocycles. The van der Waals surface area contributed by atoms with Crippen LogP contribution < -0.4 is 11.1 Å². The van der Waals surface area contributed by atoms with E-state index in [1.54, 1.807) is 0 Å². The Labute approximate surface area is 122 Å². The van der Waals surface area contributed by atoms with Gasteiger partial charge in [-0.05, 0) is 32.1 Å². The number of carbonyl (C=O) groups excluding carboxylic acids is 1. The van der Waals surface area contributed by atoms with E-state index in [-0.39, 0.29) is 36.0 Å². The molecule has 1 saturated heterocycles. The van der Waals surface area contributed by atoms with Crippen molar-refractivity contribution in [3.8, 4) is 0 Å². The Bertz CT molecular complexity index is 293. The fourth-order valence-electron chi connectivity index (χ4n) is 3.27. The lowest BCUT2D eigenvalue weighted by Crippen LogP contribution is -2.51. The van der Waals surface area contributed by atoms with E-state index in [2.05, 4.69) is 12.2 Å². The van der Waals surface area contributed by atoms with Crippen LogP contribution in [-0.2, 0) is 9.53 Å². The van der Waals surface area contributed by atoms with Crippen LogP contribution in [0.1, 0.15) is 58.3 Å². The van der Waals surface area contributed by atoms with Crippen LogP contribution in [0.3, 0.4) is 0 Å². The number of nitrogens with one attached hydrogen (secondary N) is 1. The molecule has 4 nitrogen and oxygen atoms in total. The molecule has 0 bridgehead atoms. The molecule has 2 rings (SSSR count). The molecular weight excluding hydrogens is 264 g/mol. The van der Waals surface area contributed by atoms with Gasteiger partial charge in [-0.3, -0.25) is 4.79 Å². The monoisotopic (exact) mass is 290 g/mol. The molecule has 2 aliphatic rings. The first kappa shape index (κ1) is 16.7. The van der Waals surface area contributed by atoms with Crippen molar-refractivity contribution in [3.05, 3.63) is 0 Å². The average molecular weight is 291 g/mol. The maximum atomic E-state index is 11.9. The van der Waals surface area contributed by atoms with Gasteiger partial charge in [0.2, 0.25) is 5.91 Å². The third-order valence-corrected chi connectivity index (χ3v) is 4.29. The van der Waals surface area contributed by atoms with Gasteiger partial charge in [0.1, 0.15) is 0 Å². The zero-order valence-electron chi connectivity index (χ0n) is 11.8. The van der Waals surface area contributed by atoms with E-state index < -0.39 is 0 Å². The molecule has 0 radical (unpaired) electrons. The Morgan fingerprint density at radius 3 is 2.79 bits per heavy atom. The molecule has 0 aromatic rings. The first-order chi connectivity index (χ1) is 8.65. The van der Waals surface area contributed by atoms with Crippen LogP contribution in [0.5, 0.6) is 0 Å². The fraction of sp³-hybridized carbons (Fsp3) is 0.929. The molecule has 2 fully saturated rings. The second-order valence-electron chi connectivity index (χ2n) is 5.83. The smallest absolute Gasteiger partial charge is 0.237 e. The SMILES string of the molecule is CCCC(N)C(=O)NC1CCOC2(CCCC2)C1.Cl. The number of nitrogens with two attached hydrogens (primary N) is 1. The molecule has 2 unspecified atom stereocenters. The number of carbonyl (C=O) groups is 1. The minimum Gasteiger partial charge on any atom is -0.375 e. The molecular formula is C14H27ClN2O2. The summed E-state index contributed by atoms with van der Waals surface area (Å²) >= 11 is 0. The number of hydrogen-bond acceptors (Lipinski definition) is 3. The molecule has 3 N–H and O–H groups in total. The van der Waals surface area contributed by atoms with E-state index in [4.69, 9.17) is 10.5 Å². The van der Waals surface area contributed by atoms with E-state index in [1.165, 1.54) is 12.8 Å². The van der Waals surface area contributed by atoms with Gasteiger partial charge in [-0.15, -0.1) is 12.4 Å². The van der Waals surface area contributed by atoms with Crippen LogP contribution in [0.25, 0.3) is 0 Å². The van der Waals surface area contributed by atoms with E-state index in [9.17, 15) is 4.79 Å². The van der Waals surface area contributed by atoms with Gasteiger partial charge in [0.05, 0.1) is 11.6 Å². The number of ether oxygens (including phenoxy) is 1. The Hall–Kier alpha value is -0.320. The summed E-state index contributed by atoms with van der Waals surface area (Å²) in [5.74, 6) is 0.0110. The number of halogens is 1. The first-order valence-electron chi connectivity index (χ1n) is 7.35. The van der Waals surface area contributed by atoms with Gasteiger partial charge in [-0.2, -0.15) is 0 Å². The molecule has 1 spiro atoms. The molecule has 1 aliphatic heterocycles. The molecule has 112 valence electrons. The fourth-order valence-corrected chi connectivity index (χ4v) is 3.27. The molecule has 1 amide bonds. The number of hydrogen-bond donors (Lipinski definition) is 2. The summed E-state index contributed by atoms with van der Waals surface area (Å²) < 4.78 is 5.96. The maximum absolute atomic E-state index is 11.9. The standard InChI is InChI=1S/C14H26N2O2.ClH/c1-2-5-12(15)13(17)16-11-6-9-18-14(10-11)7-3-4-8-14;/h11-12H,2-10,15H2,1H3,(H,16,17);1H. The van der Waals surface area contributed by atoms with Gasteiger partial charge >= 0.3 is 0 Å². The number of rotatable bonds is 4. The molecule has 1 aliphatic carbocycles. The highest BCUT2D eigenvalue weighted by Gasteiger charge is 2.40. The predicted octanol–water partition coefficient (Wildman–Crippen LogP) is 2.14. The highest BCUT2D eigenvalue weighted by Crippen LogP contribution is 2.39. The Morgan fingerprint density at radius 1 is 1.47 bits per heavy atom. The van der Waals surface area contributed by atoms with Crippen molar-refractivity contribution in [3.63, 3.8) is 0 Å². The van der Waals surface area contributed by atoms with E-state index in [1.807, 2.05) is 0 Å². The summed E-state index contributed by atoms with van der Waals surface area (Å²) in [5.41, 5.74) is 5.91. The van der Waals surface area contributed by atoms with Crippen molar-refractivity contribution in [1.82, 2.24) is 5.32 Å². The quantitative estimate of drug-likeness (QED) is 0.834. The van der Waals surface area contributed by atoms with Gasteiger partial charge in [-0.25, -0.2) is 0 Å². The van der Waals surface area contributed by atoms with Crippen LogP contribution in [0.15, 0.2) is 0 Å². The third-order valence-electron chi connectivity index (χ3n) is 4.29. The summed E-state index contributed by atoms with van der Waals surface area (Å²) in [7, 11) is 0. The van der Waals surface area contributed by atoms with Crippen molar-refractivity contribution in [2.75, 3.05) is 6.61 Å². The zero-order chi connectivity index (χ0) is 13.0. The van der Waals surface area contributed by atoms with Crippen LogP contribution >= 0.6 is 12.4 Å². The van der Waals surface area contributed by atoms with Crippen molar-refractivity contribution in [2.45, 2.75) is 76.0 Å². The van der Waals surface area contributed by atoms with Crippen LogP contribution in [0.2, 0.25) is 0 Å². The Balaban J connectivity index is 0.00000180. The van der Waals surface area contributed by atoms with E-state index >= 15 is 0 Å². The van der Waals surface area contributed by atoms with Crippen LogP contribution in [0.4, 0.5) is 0 Å². The van der Waals surface area contributed by atoms with Gasteiger partial charge in [-0.1, -0.05) is 26.2 Å². The third kappa shape index (κ3) is 4.33. The van der Waals surface area contributed by atoms with Gasteiger partial charge in [0, 0.05) is 12.6 Å². The highest BCUT2D eigenvalue weighted by molar-refractivity contribution is 5.85. The van der Waals surface area contributed by atoms with Gasteiger partial charge < -0.3 is 15.8 Å². The molecule has 2 atom stereocenters. The molecule has 1 heterocycles. The normalized spacial score (nSPS) is 26.7. The summed E-state index contributed by atoms with van der Waals surface area (Å²) in [6.45, 7) is 2.82. The lowest BCUT2D eigenvalue weighted by molar-refractivity contribution is -0.126. The summed E-state index contributed by atoms with van der Waals surface area (Å²) in [4.78, 5) is 11.9. The maximum Gasteiger partial charge on any atom is 0.237 e. The minimum atomic E-state index is -0.350. The van der Waals surface area contributed by atoms with Crippen LogP contribution in [0, 0.1) is 0 Å². The Kier molecular flexibility index (Phi) is 6.57. The zero-order valence-corrected chi connectivity index (χ0v) is 12.6. The first-order valence-corrected chi connectivity index (χ1v) is 7.35. The van der Waals surface area contributed by atoms with E-state index in [0.717, 1.165) is 45.1 Å². The predicted molar refractivity (Wildman–Crippen MR) is 78.4 cm³/mol. The average Bonchev–Trinajstić information content (AvgIpc) is 2.77. The molecule has 19 heavy (non-hydrogen) atoms. The van der Waals surface area contributed by atoms with E-state index in [0.29, 0.717) is 0 Å². The molecule has 0 aromatic carbocycles. The summed E-state index contributed by atoms with van der Waals surface area (Å²) in [6.07, 6.45) is 8.43. The van der Waals surface area contributed by atoms with Crippen molar-refractivity contribution in [1.29, 1.82) is 0 Å². The second kappa shape index (κ2) is 7.46. The van der Waals surface area contributed by atoms with Gasteiger partial charge in [0.15, 0.2) is 0 Å². The van der Waals surface area contributed by atoms with Crippen molar-refractivity contribution < 1.29 is 9.53 Å².